The molecule has 0 radical (unpaired) electrons. The summed E-state index contributed by atoms with van der Waals surface area (Å²) in [5, 5.41) is 4.79. The lowest BCUT2D eigenvalue weighted by atomic mass is 10.2. The van der Waals surface area contributed by atoms with Crippen molar-refractivity contribution in [1.82, 2.24) is 9.55 Å². The minimum absolute atomic E-state index is 0.133. The van der Waals surface area contributed by atoms with Crippen LogP contribution in [0.2, 0.25) is 0 Å². The molecular formula is C18H14FN3O. The molecule has 0 atom stereocenters. The molecule has 0 unspecified atom stereocenters. The summed E-state index contributed by atoms with van der Waals surface area (Å²) >= 11 is 0. The van der Waals surface area contributed by atoms with Gasteiger partial charge in [0.15, 0.2) is 0 Å². The first-order chi connectivity index (χ1) is 11.2. The van der Waals surface area contributed by atoms with Gasteiger partial charge in [-0.25, -0.2) is 4.39 Å². The maximum atomic E-state index is 13.4. The Bertz CT molecular complexity index is 1020. The van der Waals surface area contributed by atoms with Crippen LogP contribution in [0.4, 0.5) is 10.1 Å². The topological polar surface area (TPSA) is 49.8 Å². The van der Waals surface area contributed by atoms with E-state index in [1.807, 2.05) is 36.5 Å². The molecule has 1 amide bonds. The van der Waals surface area contributed by atoms with Crippen LogP contribution in [0.1, 0.15) is 0 Å². The van der Waals surface area contributed by atoms with Gasteiger partial charge in [-0.3, -0.25) is 4.79 Å². The number of rotatable bonds is 3. The molecule has 0 aliphatic rings. The Labute approximate surface area is 131 Å². The summed E-state index contributed by atoms with van der Waals surface area (Å²) < 4.78 is 15.1. The molecule has 2 aromatic carbocycles. The Morgan fingerprint density at radius 2 is 2.09 bits per heavy atom. The second-order valence-electron chi connectivity index (χ2n) is 5.44. The highest BCUT2D eigenvalue weighted by molar-refractivity contribution is 6.01. The van der Waals surface area contributed by atoms with E-state index < -0.39 is 0 Å². The molecule has 0 saturated carbocycles. The second-order valence-corrected chi connectivity index (χ2v) is 5.44. The number of nitrogens with zero attached hydrogens (tertiary/aromatic N) is 1. The lowest BCUT2D eigenvalue weighted by Gasteiger charge is -2.08. The Balaban J connectivity index is 1.60. The molecule has 5 heteroatoms. The highest BCUT2D eigenvalue weighted by Gasteiger charge is 2.09. The standard InChI is InChI=1S/C18H14FN3O/c19-13-5-4-12-7-9-22(17(12)10-13)11-18(23)21-16-3-1-2-15-14(16)6-8-20-15/h1-10,20H,11H2,(H,21,23). The SMILES string of the molecule is O=C(Cn1ccc2ccc(F)cc21)Nc1cccc2[nH]ccc12. The number of hydrogen-bond donors (Lipinski definition) is 2. The van der Waals surface area contributed by atoms with Crippen LogP contribution in [-0.4, -0.2) is 15.5 Å². The van der Waals surface area contributed by atoms with Crippen LogP contribution in [0.3, 0.4) is 0 Å². The summed E-state index contributed by atoms with van der Waals surface area (Å²) in [4.78, 5) is 15.4. The molecule has 2 N–H and O–H groups in total. The molecule has 4 rings (SSSR count). The number of anilines is 1. The third-order valence-electron chi connectivity index (χ3n) is 3.92. The number of amides is 1. The smallest absolute Gasteiger partial charge is 0.244 e. The molecule has 2 aromatic heterocycles. The highest BCUT2D eigenvalue weighted by Crippen LogP contribution is 2.22. The lowest BCUT2D eigenvalue weighted by molar-refractivity contribution is -0.116. The van der Waals surface area contributed by atoms with Crippen molar-refractivity contribution < 1.29 is 9.18 Å². The van der Waals surface area contributed by atoms with Gasteiger partial charge in [-0.15, -0.1) is 0 Å². The third-order valence-corrected chi connectivity index (χ3v) is 3.92. The van der Waals surface area contributed by atoms with Gasteiger partial charge in [-0.1, -0.05) is 6.07 Å². The molecule has 4 aromatic rings. The number of benzene rings is 2. The van der Waals surface area contributed by atoms with Crippen LogP contribution >= 0.6 is 0 Å². The van der Waals surface area contributed by atoms with E-state index in [1.54, 1.807) is 16.8 Å². The predicted octanol–water partition coefficient (Wildman–Crippen LogP) is 3.90. The number of hydrogen-bond acceptors (Lipinski definition) is 1. The van der Waals surface area contributed by atoms with Gasteiger partial charge >= 0.3 is 0 Å². The van der Waals surface area contributed by atoms with Crippen LogP contribution in [0.15, 0.2) is 60.9 Å². The summed E-state index contributed by atoms with van der Waals surface area (Å²) in [5.41, 5.74) is 2.44. The van der Waals surface area contributed by atoms with Gasteiger partial charge in [-0.05, 0) is 47.9 Å². The molecule has 114 valence electrons. The van der Waals surface area contributed by atoms with Crippen LogP contribution < -0.4 is 5.32 Å². The Morgan fingerprint density at radius 1 is 1.17 bits per heavy atom. The normalized spacial score (nSPS) is 11.2. The van der Waals surface area contributed by atoms with E-state index in [1.165, 1.54) is 12.1 Å². The van der Waals surface area contributed by atoms with Gasteiger partial charge < -0.3 is 14.9 Å². The fraction of sp³-hybridized carbons (Fsp3) is 0.0556. The van der Waals surface area contributed by atoms with E-state index in [9.17, 15) is 9.18 Å². The van der Waals surface area contributed by atoms with Crippen LogP contribution in [0.25, 0.3) is 21.8 Å². The minimum Gasteiger partial charge on any atom is -0.361 e. The van der Waals surface area contributed by atoms with E-state index in [0.29, 0.717) is 5.52 Å². The van der Waals surface area contributed by atoms with Crippen LogP contribution in [0.5, 0.6) is 0 Å². The first kappa shape index (κ1) is 13.6. The fourth-order valence-electron chi connectivity index (χ4n) is 2.83. The summed E-state index contributed by atoms with van der Waals surface area (Å²) in [5.74, 6) is -0.463. The average Bonchev–Trinajstić information content (AvgIpc) is 3.15. The van der Waals surface area contributed by atoms with Gasteiger partial charge in [0, 0.05) is 23.3 Å². The van der Waals surface area contributed by atoms with E-state index in [2.05, 4.69) is 10.3 Å². The lowest BCUT2D eigenvalue weighted by Crippen LogP contribution is -2.18. The number of fused-ring (bicyclic) bond motifs is 2. The van der Waals surface area contributed by atoms with Crippen LogP contribution in [-0.2, 0) is 11.3 Å². The molecule has 0 fully saturated rings. The molecule has 4 nitrogen and oxygen atoms in total. The van der Waals surface area contributed by atoms with Crippen molar-refractivity contribution in [1.29, 1.82) is 0 Å². The molecule has 0 aliphatic carbocycles. The van der Waals surface area contributed by atoms with Gasteiger partial charge in [0.2, 0.25) is 5.91 Å². The van der Waals surface area contributed by atoms with E-state index in [4.69, 9.17) is 0 Å². The monoisotopic (exact) mass is 307 g/mol. The zero-order valence-electron chi connectivity index (χ0n) is 12.2. The molecule has 2 heterocycles. The second kappa shape index (κ2) is 5.28. The zero-order chi connectivity index (χ0) is 15.8. The van der Waals surface area contributed by atoms with Crippen molar-refractivity contribution in [2.45, 2.75) is 6.54 Å². The average molecular weight is 307 g/mol. The van der Waals surface area contributed by atoms with Gasteiger partial charge in [0.05, 0.1) is 11.2 Å². The first-order valence-electron chi connectivity index (χ1n) is 7.31. The summed E-state index contributed by atoms with van der Waals surface area (Å²) in [7, 11) is 0. The van der Waals surface area contributed by atoms with Crippen LogP contribution in [0, 0.1) is 5.82 Å². The number of halogens is 1. The van der Waals surface area contributed by atoms with Crippen molar-refractivity contribution in [3.8, 4) is 0 Å². The Morgan fingerprint density at radius 3 is 3.00 bits per heavy atom. The van der Waals surface area contributed by atoms with E-state index in [-0.39, 0.29) is 18.3 Å². The number of aromatic amines is 1. The molecular weight excluding hydrogens is 293 g/mol. The van der Waals surface area contributed by atoms with Crippen molar-refractivity contribution in [3.05, 3.63) is 66.7 Å². The van der Waals surface area contributed by atoms with Crippen molar-refractivity contribution in [2.24, 2.45) is 0 Å². The molecule has 23 heavy (non-hydrogen) atoms. The molecule has 0 bridgehead atoms. The third kappa shape index (κ3) is 2.46. The van der Waals surface area contributed by atoms with Gasteiger partial charge in [-0.2, -0.15) is 0 Å². The van der Waals surface area contributed by atoms with E-state index >= 15 is 0 Å². The first-order valence-corrected chi connectivity index (χ1v) is 7.31. The minimum atomic E-state index is -0.310. The largest absolute Gasteiger partial charge is 0.361 e. The summed E-state index contributed by atoms with van der Waals surface area (Å²) in [6.45, 7) is 0.133. The zero-order valence-corrected chi connectivity index (χ0v) is 12.2. The summed E-state index contributed by atoms with van der Waals surface area (Å²) in [6.07, 6.45) is 3.63. The molecule has 0 aliphatic heterocycles. The summed E-state index contributed by atoms with van der Waals surface area (Å²) in [6, 6.07) is 14.1. The predicted molar refractivity (Wildman–Crippen MR) is 88.8 cm³/mol. The number of H-pyrrole nitrogens is 1. The number of aromatic nitrogens is 2. The fourth-order valence-corrected chi connectivity index (χ4v) is 2.83. The van der Waals surface area contributed by atoms with Crippen molar-refractivity contribution in [3.63, 3.8) is 0 Å². The molecule has 0 saturated heterocycles. The Hall–Kier alpha value is -3.08. The Kier molecular flexibility index (Phi) is 3.12. The van der Waals surface area contributed by atoms with Gasteiger partial charge in [0.1, 0.15) is 12.4 Å². The highest BCUT2D eigenvalue weighted by atomic mass is 19.1. The quantitative estimate of drug-likeness (QED) is 0.592. The number of carbonyl (C=O) groups excluding carboxylic acids is 1. The van der Waals surface area contributed by atoms with Crippen molar-refractivity contribution in [2.75, 3.05) is 5.32 Å². The molecule has 0 spiro atoms. The maximum absolute atomic E-state index is 13.4. The number of carbonyl (C=O) groups is 1. The van der Waals surface area contributed by atoms with Gasteiger partial charge in [0.25, 0.3) is 0 Å². The van der Waals surface area contributed by atoms with Crippen molar-refractivity contribution >= 4 is 33.4 Å². The number of nitrogens with one attached hydrogen (secondary N) is 2. The van der Waals surface area contributed by atoms with E-state index in [0.717, 1.165) is 22.0 Å². The maximum Gasteiger partial charge on any atom is 0.244 e.